The molecule has 13 heavy (non-hydrogen) atoms. The third-order valence-corrected chi connectivity index (χ3v) is 2.49. The second-order valence-corrected chi connectivity index (χ2v) is 3.30. The molecule has 0 aromatic rings. The van der Waals surface area contributed by atoms with Crippen molar-refractivity contribution in [3.8, 4) is 12.3 Å². The minimum Gasteiger partial charge on any atom is -0.395 e. The van der Waals surface area contributed by atoms with Gasteiger partial charge < -0.3 is 10.0 Å². The maximum absolute atomic E-state index is 11.3. The molecule has 72 valence electrons. The average molecular weight is 181 g/mol. The van der Waals surface area contributed by atoms with E-state index in [2.05, 4.69) is 5.92 Å². The molecule has 1 amide bonds. The Kier molecular flexibility index (Phi) is 3.78. The summed E-state index contributed by atoms with van der Waals surface area (Å²) >= 11 is 0. The van der Waals surface area contributed by atoms with E-state index in [4.69, 9.17) is 11.5 Å². The Balaban J connectivity index is 2.56. The molecule has 0 saturated heterocycles. The van der Waals surface area contributed by atoms with E-state index in [1.807, 2.05) is 0 Å². The summed E-state index contributed by atoms with van der Waals surface area (Å²) in [6, 6.07) is 0.260. The quantitative estimate of drug-likeness (QED) is 0.639. The van der Waals surface area contributed by atoms with Gasteiger partial charge in [-0.05, 0) is 18.8 Å². The first-order chi connectivity index (χ1) is 6.29. The van der Waals surface area contributed by atoms with Crippen LogP contribution in [0.25, 0.3) is 0 Å². The number of hydrogen-bond acceptors (Lipinski definition) is 2. The minimum absolute atomic E-state index is 0.0100. The second kappa shape index (κ2) is 4.88. The zero-order valence-electron chi connectivity index (χ0n) is 7.70. The highest BCUT2D eigenvalue weighted by Crippen LogP contribution is 2.23. The van der Waals surface area contributed by atoms with Gasteiger partial charge in [0.05, 0.1) is 6.61 Å². The molecule has 1 aliphatic rings. The summed E-state index contributed by atoms with van der Waals surface area (Å²) in [6.45, 7) is 0.359. The fourth-order valence-corrected chi connectivity index (χ4v) is 1.86. The van der Waals surface area contributed by atoms with Crippen molar-refractivity contribution in [3.63, 3.8) is 0 Å². The number of aliphatic hydroxyl groups excluding tert-OH is 1. The first-order valence-electron chi connectivity index (χ1n) is 4.67. The summed E-state index contributed by atoms with van der Waals surface area (Å²) in [4.78, 5) is 12.9. The Morgan fingerprint density at radius 3 is 2.62 bits per heavy atom. The Hall–Kier alpha value is -1.01. The number of aliphatic hydroxyl groups is 1. The van der Waals surface area contributed by atoms with Crippen molar-refractivity contribution in [2.75, 3.05) is 13.2 Å². The minimum atomic E-state index is -0.291. The maximum Gasteiger partial charge on any atom is 0.298 e. The van der Waals surface area contributed by atoms with Crippen molar-refractivity contribution in [2.45, 2.75) is 31.7 Å². The predicted molar refractivity (Wildman–Crippen MR) is 49.9 cm³/mol. The Morgan fingerprint density at radius 2 is 2.15 bits per heavy atom. The molecular weight excluding hydrogens is 166 g/mol. The normalized spacial score (nSPS) is 16.9. The van der Waals surface area contributed by atoms with E-state index < -0.39 is 0 Å². The summed E-state index contributed by atoms with van der Waals surface area (Å²) in [5, 5.41) is 8.78. The molecular formula is C10H15NO2. The van der Waals surface area contributed by atoms with Gasteiger partial charge in [-0.3, -0.25) is 4.79 Å². The van der Waals surface area contributed by atoms with Crippen LogP contribution >= 0.6 is 0 Å². The van der Waals surface area contributed by atoms with Gasteiger partial charge in [-0.2, -0.15) is 0 Å². The number of carbonyl (C=O) groups excluding carboxylic acids is 1. The fraction of sp³-hybridized carbons (Fsp3) is 0.700. The van der Waals surface area contributed by atoms with Crippen molar-refractivity contribution in [3.05, 3.63) is 0 Å². The molecule has 3 nitrogen and oxygen atoms in total. The largest absolute Gasteiger partial charge is 0.395 e. The zero-order chi connectivity index (χ0) is 9.68. The molecule has 3 heteroatoms. The van der Waals surface area contributed by atoms with Gasteiger partial charge in [0.15, 0.2) is 0 Å². The summed E-state index contributed by atoms with van der Waals surface area (Å²) < 4.78 is 0. The third-order valence-electron chi connectivity index (χ3n) is 2.49. The van der Waals surface area contributed by atoms with Crippen molar-refractivity contribution in [1.29, 1.82) is 0 Å². The van der Waals surface area contributed by atoms with Crippen LogP contribution in [0.2, 0.25) is 0 Å². The molecule has 1 rings (SSSR count). The van der Waals surface area contributed by atoms with E-state index in [-0.39, 0.29) is 18.6 Å². The fourth-order valence-electron chi connectivity index (χ4n) is 1.86. The molecule has 0 aliphatic heterocycles. The molecule has 1 aliphatic carbocycles. The zero-order valence-corrected chi connectivity index (χ0v) is 7.70. The Labute approximate surface area is 78.7 Å². The SMILES string of the molecule is C#CC(=O)N(CCO)C1CCCC1. The molecule has 1 fully saturated rings. The van der Waals surface area contributed by atoms with Crippen LogP contribution < -0.4 is 0 Å². The van der Waals surface area contributed by atoms with Crippen LogP contribution in [0.5, 0.6) is 0 Å². The number of hydrogen-bond donors (Lipinski definition) is 1. The van der Waals surface area contributed by atoms with Crippen molar-refractivity contribution < 1.29 is 9.90 Å². The van der Waals surface area contributed by atoms with Crippen LogP contribution in [0.1, 0.15) is 25.7 Å². The molecule has 0 aromatic heterocycles. The summed E-state index contributed by atoms with van der Waals surface area (Å²) in [6.07, 6.45) is 9.40. The highest BCUT2D eigenvalue weighted by Gasteiger charge is 2.24. The van der Waals surface area contributed by atoms with Gasteiger partial charge in [-0.25, -0.2) is 0 Å². The van der Waals surface area contributed by atoms with E-state index in [1.165, 1.54) is 0 Å². The average Bonchev–Trinajstić information content (AvgIpc) is 2.65. The smallest absolute Gasteiger partial charge is 0.298 e. The van der Waals surface area contributed by atoms with Gasteiger partial charge in [0.25, 0.3) is 5.91 Å². The lowest BCUT2D eigenvalue weighted by molar-refractivity contribution is -0.127. The molecule has 0 atom stereocenters. The third kappa shape index (κ3) is 2.46. The van der Waals surface area contributed by atoms with E-state index >= 15 is 0 Å². The number of terminal acetylenes is 1. The monoisotopic (exact) mass is 181 g/mol. The topological polar surface area (TPSA) is 40.5 Å². The molecule has 1 saturated carbocycles. The number of amides is 1. The van der Waals surface area contributed by atoms with Crippen molar-refractivity contribution in [2.24, 2.45) is 0 Å². The van der Waals surface area contributed by atoms with Crippen LogP contribution in [-0.4, -0.2) is 35.1 Å². The van der Waals surface area contributed by atoms with E-state index in [0.717, 1.165) is 25.7 Å². The summed E-state index contributed by atoms with van der Waals surface area (Å²) in [5.41, 5.74) is 0. The van der Waals surface area contributed by atoms with E-state index in [9.17, 15) is 4.79 Å². The highest BCUT2D eigenvalue weighted by atomic mass is 16.3. The van der Waals surface area contributed by atoms with Crippen molar-refractivity contribution in [1.82, 2.24) is 4.90 Å². The Bertz CT molecular complexity index is 213. The van der Waals surface area contributed by atoms with Gasteiger partial charge in [-0.15, -0.1) is 6.42 Å². The highest BCUT2D eigenvalue weighted by molar-refractivity contribution is 5.93. The number of carbonyl (C=O) groups is 1. The summed E-state index contributed by atoms with van der Waals surface area (Å²) in [7, 11) is 0. The van der Waals surface area contributed by atoms with Crippen LogP contribution in [0.15, 0.2) is 0 Å². The van der Waals surface area contributed by atoms with Crippen molar-refractivity contribution >= 4 is 5.91 Å². The molecule has 0 bridgehead atoms. The summed E-state index contributed by atoms with van der Waals surface area (Å²) in [5.74, 6) is 1.81. The standard InChI is InChI=1S/C10H15NO2/c1-2-10(13)11(7-8-12)9-5-3-4-6-9/h1,9,12H,3-8H2. The second-order valence-electron chi connectivity index (χ2n) is 3.30. The first-order valence-corrected chi connectivity index (χ1v) is 4.67. The van der Waals surface area contributed by atoms with Crippen LogP contribution in [0.4, 0.5) is 0 Å². The maximum atomic E-state index is 11.3. The molecule has 1 N–H and O–H groups in total. The van der Waals surface area contributed by atoms with E-state index in [0.29, 0.717) is 6.54 Å². The van der Waals surface area contributed by atoms with Gasteiger partial charge >= 0.3 is 0 Å². The molecule has 0 aromatic carbocycles. The van der Waals surface area contributed by atoms with Gasteiger partial charge in [0, 0.05) is 12.6 Å². The predicted octanol–water partition coefficient (Wildman–Crippen LogP) is 0.383. The molecule has 0 unspecified atom stereocenters. The van der Waals surface area contributed by atoms with Gasteiger partial charge in [-0.1, -0.05) is 12.8 Å². The van der Waals surface area contributed by atoms with Gasteiger partial charge in [0.1, 0.15) is 0 Å². The molecule has 0 spiro atoms. The lowest BCUT2D eigenvalue weighted by atomic mass is 10.2. The Morgan fingerprint density at radius 1 is 1.54 bits per heavy atom. The van der Waals surface area contributed by atoms with E-state index in [1.54, 1.807) is 4.90 Å². The first kappa shape index (κ1) is 10.1. The lowest BCUT2D eigenvalue weighted by Crippen LogP contribution is -2.39. The number of rotatable bonds is 3. The van der Waals surface area contributed by atoms with Crippen LogP contribution in [-0.2, 0) is 4.79 Å². The van der Waals surface area contributed by atoms with Gasteiger partial charge in [0.2, 0.25) is 0 Å². The number of nitrogens with zero attached hydrogens (tertiary/aromatic N) is 1. The molecule has 0 heterocycles. The lowest BCUT2D eigenvalue weighted by Gasteiger charge is -2.25. The van der Waals surface area contributed by atoms with Crippen LogP contribution in [0, 0.1) is 12.3 Å². The van der Waals surface area contributed by atoms with Crippen LogP contribution in [0.3, 0.4) is 0 Å². The molecule has 0 radical (unpaired) electrons.